The molecule has 0 atom stereocenters. The van der Waals surface area contributed by atoms with E-state index in [1.165, 1.54) is 0 Å². The normalized spacial score (nSPS) is 16.9. The number of amides is 1. The number of para-hydroxylation sites is 1. The Kier molecular flexibility index (Phi) is 3.80. The lowest BCUT2D eigenvalue weighted by molar-refractivity contribution is -0.132. The van der Waals surface area contributed by atoms with E-state index in [9.17, 15) is 14.7 Å². The first-order valence-corrected chi connectivity index (χ1v) is 7.40. The lowest BCUT2D eigenvalue weighted by Crippen LogP contribution is -2.29. The largest absolute Gasteiger partial charge is 0.506 e. The minimum atomic E-state index is -0.795. The highest BCUT2D eigenvalue weighted by molar-refractivity contribution is 7.81. The van der Waals surface area contributed by atoms with E-state index in [2.05, 4.69) is 0 Å². The second-order valence-corrected chi connectivity index (χ2v) is 5.59. The van der Waals surface area contributed by atoms with Crippen LogP contribution in [0.3, 0.4) is 0 Å². The number of Topliss-reactive ketones (excluding diaryl/α,β-unsaturated/α-hetero) is 1. The maximum atomic E-state index is 12.3. The summed E-state index contributed by atoms with van der Waals surface area (Å²) < 4.78 is 0. The summed E-state index contributed by atoms with van der Waals surface area (Å²) in [6.45, 7) is 1.92. The van der Waals surface area contributed by atoms with Crippen LogP contribution < -0.4 is 4.90 Å². The molecule has 1 heterocycles. The van der Waals surface area contributed by atoms with Crippen LogP contribution in [-0.2, 0) is 9.59 Å². The van der Waals surface area contributed by atoms with Crippen LogP contribution in [0, 0.1) is 6.92 Å². The zero-order chi connectivity index (χ0) is 16.6. The van der Waals surface area contributed by atoms with Gasteiger partial charge in [-0.3, -0.25) is 14.5 Å². The number of hydrogen-bond acceptors (Lipinski definition) is 4. The SMILES string of the molecule is Cc1ccc(C(O)=C2C(=O)C(=O)N(c3ccccc3)C2=S)cc1. The average Bonchev–Trinajstić information content (AvgIpc) is 2.78. The summed E-state index contributed by atoms with van der Waals surface area (Å²) in [7, 11) is 0. The monoisotopic (exact) mass is 323 g/mol. The molecule has 1 aliphatic rings. The molecule has 0 aliphatic carbocycles. The van der Waals surface area contributed by atoms with E-state index < -0.39 is 11.7 Å². The molecule has 1 saturated heterocycles. The molecular weight excluding hydrogens is 310 g/mol. The van der Waals surface area contributed by atoms with Crippen LogP contribution in [0.15, 0.2) is 60.2 Å². The van der Waals surface area contributed by atoms with Gasteiger partial charge >= 0.3 is 5.91 Å². The number of anilines is 1. The fraction of sp³-hybridized carbons (Fsp3) is 0.0556. The molecule has 0 bridgehead atoms. The van der Waals surface area contributed by atoms with Gasteiger partial charge in [0, 0.05) is 5.56 Å². The van der Waals surface area contributed by atoms with Gasteiger partial charge in [-0.15, -0.1) is 0 Å². The average molecular weight is 323 g/mol. The molecule has 0 saturated carbocycles. The number of carbonyl (C=O) groups is 2. The summed E-state index contributed by atoms with van der Waals surface area (Å²) in [5.74, 6) is -1.82. The number of benzene rings is 2. The number of aliphatic hydroxyl groups is 1. The van der Waals surface area contributed by atoms with E-state index >= 15 is 0 Å². The van der Waals surface area contributed by atoms with Crippen LogP contribution in [0.2, 0.25) is 0 Å². The molecule has 1 amide bonds. The molecular formula is C18H13NO3S. The van der Waals surface area contributed by atoms with Crippen LogP contribution in [0.5, 0.6) is 0 Å². The fourth-order valence-electron chi connectivity index (χ4n) is 2.39. The Morgan fingerprint density at radius 3 is 2.22 bits per heavy atom. The molecule has 23 heavy (non-hydrogen) atoms. The first-order valence-electron chi connectivity index (χ1n) is 6.99. The number of aliphatic hydroxyl groups excluding tert-OH is 1. The molecule has 3 rings (SSSR count). The molecule has 2 aromatic rings. The van der Waals surface area contributed by atoms with Crippen molar-refractivity contribution in [2.45, 2.75) is 6.92 Å². The van der Waals surface area contributed by atoms with Gasteiger partial charge in [0.1, 0.15) is 16.3 Å². The first kappa shape index (κ1) is 15.1. The zero-order valence-corrected chi connectivity index (χ0v) is 13.1. The number of nitrogens with zero attached hydrogens (tertiary/aromatic N) is 1. The summed E-state index contributed by atoms with van der Waals surface area (Å²) in [5.41, 5.74) is 1.85. The quantitative estimate of drug-likeness (QED) is 0.399. The van der Waals surface area contributed by atoms with Gasteiger partial charge < -0.3 is 5.11 Å². The van der Waals surface area contributed by atoms with Crippen molar-refractivity contribution >= 4 is 40.3 Å². The van der Waals surface area contributed by atoms with E-state index in [1.807, 2.05) is 19.1 Å². The van der Waals surface area contributed by atoms with Gasteiger partial charge in [0.15, 0.2) is 0 Å². The molecule has 114 valence electrons. The molecule has 5 heteroatoms. The molecule has 1 aliphatic heterocycles. The number of aryl methyl sites for hydroxylation is 1. The van der Waals surface area contributed by atoms with Crippen LogP contribution in [0.25, 0.3) is 5.76 Å². The van der Waals surface area contributed by atoms with Gasteiger partial charge in [-0.25, -0.2) is 0 Å². The van der Waals surface area contributed by atoms with Crippen molar-refractivity contribution in [2.75, 3.05) is 4.90 Å². The van der Waals surface area contributed by atoms with E-state index in [4.69, 9.17) is 12.2 Å². The second kappa shape index (κ2) is 5.78. The van der Waals surface area contributed by atoms with Crippen molar-refractivity contribution in [3.8, 4) is 0 Å². The molecule has 0 spiro atoms. The number of ketones is 1. The first-order chi connectivity index (χ1) is 11.0. The van der Waals surface area contributed by atoms with E-state index in [1.54, 1.807) is 42.5 Å². The molecule has 4 nitrogen and oxygen atoms in total. The molecule has 1 fully saturated rings. The van der Waals surface area contributed by atoms with Crippen molar-refractivity contribution in [2.24, 2.45) is 0 Å². The molecule has 0 unspecified atom stereocenters. The van der Waals surface area contributed by atoms with Crippen molar-refractivity contribution in [1.82, 2.24) is 0 Å². The number of carbonyl (C=O) groups excluding carboxylic acids is 2. The molecule has 0 radical (unpaired) electrons. The van der Waals surface area contributed by atoms with Crippen molar-refractivity contribution in [3.05, 3.63) is 71.3 Å². The summed E-state index contributed by atoms with van der Waals surface area (Å²) in [6, 6.07) is 15.7. The summed E-state index contributed by atoms with van der Waals surface area (Å²) in [5, 5.41) is 10.4. The zero-order valence-electron chi connectivity index (χ0n) is 12.3. The summed E-state index contributed by atoms with van der Waals surface area (Å²) in [4.78, 5) is 25.7. The van der Waals surface area contributed by atoms with Crippen LogP contribution in [0.4, 0.5) is 5.69 Å². The Hall–Kier alpha value is -2.79. The topological polar surface area (TPSA) is 57.6 Å². The lowest BCUT2D eigenvalue weighted by Gasteiger charge is -2.14. The van der Waals surface area contributed by atoms with Crippen molar-refractivity contribution < 1.29 is 14.7 Å². The standard InChI is InChI=1S/C18H13NO3S/c1-11-7-9-12(10-8-11)15(20)14-16(21)17(22)19(18(14)23)13-5-3-2-4-6-13/h2-10,20H,1H3. The van der Waals surface area contributed by atoms with E-state index in [-0.39, 0.29) is 16.3 Å². The third kappa shape index (κ3) is 2.55. The second-order valence-electron chi connectivity index (χ2n) is 5.20. The predicted octanol–water partition coefficient (Wildman–Crippen LogP) is 3.21. The number of rotatable bonds is 2. The minimum absolute atomic E-state index is 0.0178. The minimum Gasteiger partial charge on any atom is -0.506 e. The van der Waals surface area contributed by atoms with Crippen LogP contribution in [-0.4, -0.2) is 21.8 Å². The van der Waals surface area contributed by atoms with Gasteiger partial charge in [-0.05, 0) is 19.1 Å². The Labute approximate surface area is 138 Å². The van der Waals surface area contributed by atoms with Gasteiger partial charge in [0.25, 0.3) is 5.78 Å². The van der Waals surface area contributed by atoms with Crippen molar-refractivity contribution in [1.29, 1.82) is 0 Å². The van der Waals surface area contributed by atoms with Gasteiger partial charge in [0.2, 0.25) is 0 Å². The highest BCUT2D eigenvalue weighted by Crippen LogP contribution is 2.29. The maximum absolute atomic E-state index is 12.3. The Morgan fingerprint density at radius 1 is 1.00 bits per heavy atom. The van der Waals surface area contributed by atoms with Crippen molar-refractivity contribution in [3.63, 3.8) is 0 Å². The number of thiocarbonyl (C=S) groups is 1. The molecule has 2 aromatic carbocycles. The Bertz CT molecular complexity index is 838. The summed E-state index contributed by atoms with van der Waals surface area (Å²) in [6.07, 6.45) is 0. The maximum Gasteiger partial charge on any atom is 0.304 e. The lowest BCUT2D eigenvalue weighted by atomic mass is 10.1. The number of hydrogen-bond donors (Lipinski definition) is 1. The molecule has 0 aromatic heterocycles. The fourth-order valence-corrected chi connectivity index (χ4v) is 2.76. The van der Waals surface area contributed by atoms with Crippen LogP contribution in [0.1, 0.15) is 11.1 Å². The van der Waals surface area contributed by atoms with E-state index in [0.717, 1.165) is 10.5 Å². The Morgan fingerprint density at radius 2 is 1.61 bits per heavy atom. The van der Waals surface area contributed by atoms with Gasteiger partial charge in [0.05, 0.1) is 5.69 Å². The van der Waals surface area contributed by atoms with E-state index in [0.29, 0.717) is 11.3 Å². The molecule has 1 N–H and O–H groups in total. The van der Waals surface area contributed by atoms with Gasteiger partial charge in [-0.1, -0.05) is 60.2 Å². The third-order valence-corrected chi connectivity index (χ3v) is 4.00. The summed E-state index contributed by atoms with van der Waals surface area (Å²) >= 11 is 5.27. The smallest absolute Gasteiger partial charge is 0.304 e. The predicted molar refractivity (Wildman–Crippen MR) is 92.3 cm³/mol. The Balaban J connectivity index is 2.09. The highest BCUT2D eigenvalue weighted by atomic mass is 32.1. The third-order valence-electron chi connectivity index (χ3n) is 3.62. The van der Waals surface area contributed by atoms with Crippen LogP contribution >= 0.6 is 12.2 Å². The van der Waals surface area contributed by atoms with Gasteiger partial charge in [-0.2, -0.15) is 0 Å². The highest BCUT2D eigenvalue weighted by Gasteiger charge is 2.42.